The van der Waals surface area contributed by atoms with Crippen LogP contribution in [0.25, 0.3) is 10.8 Å². The van der Waals surface area contributed by atoms with Crippen molar-refractivity contribution in [2.24, 2.45) is 0 Å². The molecule has 5 heteroatoms. The van der Waals surface area contributed by atoms with E-state index in [1.807, 2.05) is 18.2 Å². The summed E-state index contributed by atoms with van der Waals surface area (Å²) in [4.78, 5) is -0.0730. The smallest absolute Gasteiger partial charge is 1.00 e. The van der Waals surface area contributed by atoms with Gasteiger partial charge in [-0.25, -0.2) is 0 Å². The fourth-order valence-corrected chi connectivity index (χ4v) is 1.84. The molecule has 0 amide bonds. The van der Waals surface area contributed by atoms with Crippen molar-refractivity contribution in [1.82, 2.24) is 0 Å². The van der Waals surface area contributed by atoms with Gasteiger partial charge in [0.05, 0.1) is 4.90 Å². The monoisotopic (exact) mass is 232 g/mol. The third-order valence-electron chi connectivity index (χ3n) is 2.02. The topological polar surface area (TPSA) is 54.4 Å². The average molecular weight is 232 g/mol. The van der Waals surface area contributed by atoms with Gasteiger partial charge in [0, 0.05) is 0 Å². The van der Waals surface area contributed by atoms with Gasteiger partial charge in [0.1, 0.15) is 0 Å². The molecule has 3 nitrogen and oxygen atoms in total. The van der Waals surface area contributed by atoms with Crippen LogP contribution < -0.4 is 29.6 Å². The Morgan fingerprint density at radius 3 is 2.20 bits per heavy atom. The van der Waals surface area contributed by atoms with Crippen molar-refractivity contribution in [3.8, 4) is 0 Å². The van der Waals surface area contributed by atoms with E-state index in [4.69, 9.17) is 4.55 Å². The predicted molar refractivity (Wildman–Crippen MR) is 54.9 cm³/mol. The molecule has 0 fully saturated rings. The Morgan fingerprint density at radius 1 is 1.00 bits per heavy atom. The Morgan fingerprint density at radius 2 is 1.60 bits per heavy atom. The second-order valence-electron chi connectivity index (χ2n) is 2.98. The van der Waals surface area contributed by atoms with Gasteiger partial charge < -0.3 is 1.43 Å². The van der Waals surface area contributed by atoms with Crippen molar-refractivity contribution in [2.45, 2.75) is 4.90 Å². The molecule has 15 heavy (non-hydrogen) atoms. The van der Waals surface area contributed by atoms with E-state index in [1.165, 1.54) is 12.1 Å². The Balaban J connectivity index is 0.00000112. The number of benzene rings is 2. The zero-order valence-electron chi connectivity index (χ0n) is 9.21. The predicted octanol–water partition coefficient (Wildman–Crippen LogP) is -0.797. The minimum absolute atomic E-state index is 0. The second kappa shape index (κ2) is 4.63. The van der Waals surface area contributed by atoms with Crippen LogP contribution in [-0.2, 0) is 10.1 Å². The zero-order chi connectivity index (χ0) is 10.2. The maximum absolute atomic E-state index is 10.8. The molecular weight excluding hydrogens is 223 g/mol. The van der Waals surface area contributed by atoms with E-state index in [-0.39, 0.29) is 35.9 Å². The first-order valence-corrected chi connectivity index (χ1v) is 5.48. The molecule has 0 radical (unpaired) electrons. The molecule has 0 atom stereocenters. The zero-order valence-corrected chi connectivity index (χ0v) is 11.0. The molecule has 0 unspecified atom stereocenters. The molecule has 0 spiro atoms. The second-order valence-corrected chi connectivity index (χ2v) is 4.41. The first-order valence-electron chi connectivity index (χ1n) is 4.04. The Labute approximate surface area is 112 Å². The molecule has 0 heterocycles. The van der Waals surface area contributed by atoms with Crippen molar-refractivity contribution >= 4 is 20.9 Å². The van der Waals surface area contributed by atoms with Crippen molar-refractivity contribution in [1.29, 1.82) is 0 Å². The van der Waals surface area contributed by atoms with E-state index < -0.39 is 10.1 Å². The Bertz CT molecular complexity index is 583. The van der Waals surface area contributed by atoms with Gasteiger partial charge in [0.15, 0.2) is 0 Å². The number of fused-ring (bicyclic) bond motifs is 1. The van der Waals surface area contributed by atoms with Gasteiger partial charge in [-0.3, -0.25) is 4.55 Å². The van der Waals surface area contributed by atoms with Gasteiger partial charge in [-0.2, -0.15) is 8.42 Å². The number of rotatable bonds is 1. The van der Waals surface area contributed by atoms with Crippen LogP contribution >= 0.6 is 0 Å². The number of hydrogen-bond donors (Lipinski definition) is 1. The molecule has 2 aromatic carbocycles. The maximum Gasteiger partial charge on any atom is 1.00 e. The summed E-state index contributed by atoms with van der Waals surface area (Å²) in [6, 6.07) is 11.9. The van der Waals surface area contributed by atoms with Crippen LogP contribution in [0, 0.1) is 0 Å². The van der Waals surface area contributed by atoms with E-state index in [0.717, 1.165) is 10.8 Å². The molecule has 2 aromatic rings. The van der Waals surface area contributed by atoms with Crippen LogP contribution in [0.3, 0.4) is 0 Å². The molecule has 2 rings (SSSR count). The van der Waals surface area contributed by atoms with Crippen LogP contribution in [0.1, 0.15) is 1.43 Å². The summed E-state index contributed by atoms with van der Waals surface area (Å²) in [7, 11) is -4.09. The minimum atomic E-state index is -4.09. The summed E-state index contributed by atoms with van der Waals surface area (Å²) in [6.07, 6.45) is 0. The van der Waals surface area contributed by atoms with E-state index in [2.05, 4.69) is 0 Å². The first-order chi connectivity index (χ1) is 6.57. The largest absolute Gasteiger partial charge is 1.00 e. The fraction of sp³-hybridized carbons (Fsp3) is 0. The van der Waals surface area contributed by atoms with Crippen molar-refractivity contribution in [3.63, 3.8) is 0 Å². The third-order valence-corrected chi connectivity index (χ3v) is 2.87. The van der Waals surface area contributed by atoms with Gasteiger partial charge in [-0.15, -0.1) is 0 Å². The van der Waals surface area contributed by atoms with Gasteiger partial charge in [0.25, 0.3) is 10.1 Å². The van der Waals surface area contributed by atoms with E-state index in [9.17, 15) is 8.42 Å². The standard InChI is InChI=1S/C10H8O3S.Na.H/c11-14(12,13)10-6-5-8-3-1-2-4-9(8)7-10;;/h1-7H,(H,11,12,13);;/q;+1;-1. The quantitative estimate of drug-likeness (QED) is 0.517. The molecule has 0 aromatic heterocycles. The van der Waals surface area contributed by atoms with Gasteiger partial charge in [-0.05, 0) is 22.9 Å². The molecule has 0 saturated heterocycles. The summed E-state index contributed by atoms with van der Waals surface area (Å²) in [6.45, 7) is 0. The van der Waals surface area contributed by atoms with E-state index in [0.29, 0.717) is 0 Å². The summed E-state index contributed by atoms with van der Waals surface area (Å²) in [5.41, 5.74) is 0. The van der Waals surface area contributed by atoms with Crippen molar-refractivity contribution < 1.29 is 44.0 Å². The molecule has 0 saturated carbocycles. The van der Waals surface area contributed by atoms with E-state index >= 15 is 0 Å². The van der Waals surface area contributed by atoms with Gasteiger partial charge in [-0.1, -0.05) is 30.3 Å². The molecule has 0 aliphatic heterocycles. The van der Waals surface area contributed by atoms with Crippen LogP contribution in [0.15, 0.2) is 47.4 Å². The number of hydrogen-bond acceptors (Lipinski definition) is 2. The van der Waals surface area contributed by atoms with Crippen molar-refractivity contribution in [3.05, 3.63) is 42.5 Å². The van der Waals surface area contributed by atoms with Crippen molar-refractivity contribution in [2.75, 3.05) is 0 Å². The normalized spacial score (nSPS) is 11.0. The maximum atomic E-state index is 10.8. The van der Waals surface area contributed by atoms with Crippen LogP contribution in [-0.4, -0.2) is 13.0 Å². The fourth-order valence-electron chi connectivity index (χ4n) is 1.33. The van der Waals surface area contributed by atoms with Gasteiger partial charge in [0.2, 0.25) is 0 Å². The van der Waals surface area contributed by atoms with Gasteiger partial charge >= 0.3 is 29.6 Å². The molecule has 1 N–H and O–H groups in total. The summed E-state index contributed by atoms with van der Waals surface area (Å²) in [5.74, 6) is 0. The van der Waals surface area contributed by atoms with Crippen LogP contribution in [0.2, 0.25) is 0 Å². The van der Waals surface area contributed by atoms with Crippen LogP contribution in [0.5, 0.6) is 0 Å². The average Bonchev–Trinajstić information content (AvgIpc) is 2.16. The summed E-state index contributed by atoms with van der Waals surface area (Å²) >= 11 is 0. The molecule has 0 bridgehead atoms. The van der Waals surface area contributed by atoms with Crippen LogP contribution in [0.4, 0.5) is 0 Å². The molecule has 74 valence electrons. The summed E-state index contributed by atoms with van der Waals surface area (Å²) < 4.78 is 30.5. The summed E-state index contributed by atoms with van der Waals surface area (Å²) in [5, 5.41) is 1.74. The Kier molecular flexibility index (Phi) is 3.92. The van der Waals surface area contributed by atoms with E-state index in [1.54, 1.807) is 12.1 Å². The minimum Gasteiger partial charge on any atom is -1.00 e. The Hall–Kier alpha value is -0.390. The molecule has 0 aliphatic rings. The first kappa shape index (κ1) is 12.7. The third kappa shape index (κ3) is 2.80. The molecular formula is C10H9NaO3S. The SMILES string of the molecule is O=S(=O)(O)c1ccc2ccccc2c1.[H-].[Na+]. The molecule has 0 aliphatic carbocycles.